The smallest absolute Gasteiger partial charge is 0.467 e. The molecule has 0 saturated carbocycles. The molecule has 2 saturated heterocycles. The molecule has 2 aromatic carbocycles. The highest BCUT2D eigenvalue weighted by Crippen LogP contribution is 2.35. The van der Waals surface area contributed by atoms with Crippen molar-refractivity contribution >= 4 is 18.1 Å². The summed E-state index contributed by atoms with van der Waals surface area (Å²) in [5, 5.41) is 15.3. The molecule has 10 atom stereocenters. The van der Waals surface area contributed by atoms with Gasteiger partial charge in [-0.25, -0.2) is 9.59 Å². The predicted molar refractivity (Wildman–Crippen MR) is 192 cm³/mol. The van der Waals surface area contributed by atoms with Crippen molar-refractivity contribution in [2.75, 3.05) is 26.9 Å². The molecule has 0 amide bonds. The molecule has 0 aliphatic carbocycles. The molecular weight excluding hydrogens is 722 g/mol. The number of allylic oxidation sites excluding steroid dienone is 1. The second-order valence-electron chi connectivity index (χ2n) is 12.3. The minimum absolute atomic E-state index is 0.0270. The summed E-state index contributed by atoms with van der Waals surface area (Å²) in [6.45, 7) is 7.82. The van der Waals surface area contributed by atoms with Crippen molar-refractivity contribution in [1.29, 1.82) is 0 Å². The molecule has 0 spiro atoms. The Kier molecular flexibility index (Phi) is 17.6. The summed E-state index contributed by atoms with van der Waals surface area (Å²) >= 11 is 0. The molecule has 4 rings (SSSR count). The Morgan fingerprint density at radius 1 is 0.873 bits per heavy atom. The monoisotopic (exact) mass is 769 g/mol. The molecule has 2 aliphatic heterocycles. The van der Waals surface area contributed by atoms with Crippen molar-refractivity contribution in [1.82, 2.24) is 0 Å². The number of rotatable bonds is 20. The maximum Gasteiger partial charge on any atom is 0.509 e. The van der Waals surface area contributed by atoms with Gasteiger partial charge in [-0.05, 0) is 29.5 Å². The molecule has 298 valence electrons. The van der Waals surface area contributed by atoms with E-state index in [4.69, 9.17) is 47.4 Å². The largest absolute Gasteiger partial charge is 0.509 e. The van der Waals surface area contributed by atoms with Crippen LogP contribution in [0, 0.1) is 0 Å². The highest BCUT2D eigenvalue weighted by atomic mass is 16.8. The first-order chi connectivity index (χ1) is 26.7. The number of nitrogens with zero attached hydrogens (tertiary/aromatic N) is 3. The first-order valence-electron chi connectivity index (χ1n) is 17.6. The SMILES string of the molecule is C=CCCCO[C@@H]1O[C@H](C(=O)OC)[C@@H](O[C@H]2O[C@H](COC(C)=O)[C@@H](O)[C@H](OCc3ccccc3)[C@H]2N=[N+]=[N-])[C@H](OCc2ccccc2)[C@H]1OC(=O)OCC=C. The molecule has 17 nitrogen and oxygen atoms in total. The molecule has 2 aromatic rings. The number of hydrogen-bond acceptors (Lipinski definition) is 15. The van der Waals surface area contributed by atoms with Gasteiger partial charge in [-0.3, -0.25) is 4.79 Å². The van der Waals surface area contributed by atoms with E-state index in [9.17, 15) is 25.0 Å². The number of unbranched alkanes of at least 4 members (excludes halogenated alkanes) is 1. The number of ether oxygens (including phenoxy) is 10. The molecule has 2 heterocycles. The average Bonchev–Trinajstić information content (AvgIpc) is 3.19. The van der Waals surface area contributed by atoms with Gasteiger partial charge in [0.2, 0.25) is 0 Å². The van der Waals surface area contributed by atoms with Gasteiger partial charge in [-0.1, -0.05) is 84.5 Å². The zero-order valence-electron chi connectivity index (χ0n) is 30.7. The Morgan fingerprint density at radius 3 is 2.11 bits per heavy atom. The summed E-state index contributed by atoms with van der Waals surface area (Å²) in [6.07, 6.45) is -10.0. The molecule has 17 heteroatoms. The number of carbonyl (C=O) groups excluding carboxylic acids is 3. The van der Waals surface area contributed by atoms with Crippen LogP contribution in [0.5, 0.6) is 0 Å². The lowest BCUT2D eigenvalue weighted by molar-refractivity contribution is -0.347. The van der Waals surface area contributed by atoms with Gasteiger partial charge in [-0.15, -0.1) is 6.58 Å². The summed E-state index contributed by atoms with van der Waals surface area (Å²) in [7, 11) is 1.14. The van der Waals surface area contributed by atoms with Crippen molar-refractivity contribution < 1.29 is 66.9 Å². The van der Waals surface area contributed by atoms with E-state index in [1.54, 1.807) is 54.6 Å². The summed E-state index contributed by atoms with van der Waals surface area (Å²) in [6, 6.07) is 16.6. The van der Waals surface area contributed by atoms with Gasteiger partial charge in [-0.2, -0.15) is 0 Å². The normalized spacial score (nSPS) is 27.5. The molecule has 0 bridgehead atoms. The average molecular weight is 770 g/mol. The minimum atomic E-state index is -1.61. The van der Waals surface area contributed by atoms with Crippen LogP contribution in [0.4, 0.5) is 4.79 Å². The fraction of sp³-hybridized carbons (Fsp3) is 0.500. The van der Waals surface area contributed by atoms with Gasteiger partial charge in [0, 0.05) is 11.8 Å². The van der Waals surface area contributed by atoms with E-state index < -0.39 is 86.1 Å². The molecule has 2 fully saturated rings. The van der Waals surface area contributed by atoms with Crippen molar-refractivity contribution in [3.8, 4) is 0 Å². The van der Waals surface area contributed by atoms with E-state index in [1.165, 1.54) is 13.0 Å². The number of esters is 2. The van der Waals surface area contributed by atoms with E-state index in [-0.39, 0.29) is 26.4 Å². The van der Waals surface area contributed by atoms with Crippen LogP contribution in [-0.4, -0.2) is 111 Å². The highest BCUT2D eigenvalue weighted by molar-refractivity contribution is 5.75. The van der Waals surface area contributed by atoms with Crippen LogP contribution in [0.25, 0.3) is 10.4 Å². The second kappa shape index (κ2) is 22.5. The van der Waals surface area contributed by atoms with E-state index in [1.807, 2.05) is 12.1 Å². The standard InChI is InChI=1S/C38H47N3O14/c1-5-7-14-20-47-37-34(55-38(45)48-19-6-2)31(51-22-26-17-12-9-13-18-26)32(33(54-37)35(44)46-4)53-36-28(40-41-39)30(50-21-25-15-10-8-11-16-25)29(43)27(52-36)23-49-24(3)42/h5-6,8-13,15-18,27-34,36-37,43H,1-2,7,14,19-23H2,3-4H3/t27-,28-,29-,30-,31+,32+,33+,34-,36-,37-/m1/s1. The van der Waals surface area contributed by atoms with Crippen molar-refractivity contribution in [3.05, 3.63) is 108 Å². The third-order valence-electron chi connectivity index (χ3n) is 8.45. The van der Waals surface area contributed by atoms with Crippen LogP contribution in [-0.2, 0) is 70.2 Å². The second-order valence-corrected chi connectivity index (χ2v) is 12.3. The van der Waals surface area contributed by atoms with Crippen LogP contribution in [0.3, 0.4) is 0 Å². The zero-order valence-corrected chi connectivity index (χ0v) is 30.7. The molecular formula is C38H47N3O14. The number of methoxy groups -OCH3 is 1. The summed E-state index contributed by atoms with van der Waals surface area (Å²) < 4.78 is 58.5. The number of benzene rings is 2. The van der Waals surface area contributed by atoms with Crippen molar-refractivity contribution in [2.45, 2.75) is 94.3 Å². The number of azide groups is 1. The van der Waals surface area contributed by atoms with Gasteiger partial charge < -0.3 is 52.5 Å². The van der Waals surface area contributed by atoms with E-state index in [0.717, 1.165) is 12.7 Å². The Balaban J connectivity index is 1.78. The number of carbonyl (C=O) groups is 3. The Hall–Kier alpha value is -4.84. The topological polar surface area (TPSA) is 212 Å². The number of hydrogen-bond donors (Lipinski definition) is 1. The van der Waals surface area contributed by atoms with Gasteiger partial charge in [0.1, 0.15) is 43.7 Å². The number of aliphatic hydroxyl groups is 1. The lowest BCUT2D eigenvalue weighted by Crippen LogP contribution is -2.66. The molecule has 2 aliphatic rings. The first kappa shape index (κ1) is 42.9. The van der Waals surface area contributed by atoms with E-state index in [0.29, 0.717) is 18.4 Å². The maximum absolute atomic E-state index is 13.5. The third-order valence-corrected chi connectivity index (χ3v) is 8.45. The first-order valence-corrected chi connectivity index (χ1v) is 17.6. The van der Waals surface area contributed by atoms with Crippen molar-refractivity contribution in [3.63, 3.8) is 0 Å². The number of aliphatic hydroxyl groups excluding tert-OH is 1. The summed E-state index contributed by atoms with van der Waals surface area (Å²) in [4.78, 5) is 41.3. The van der Waals surface area contributed by atoms with Crippen LogP contribution in [0.2, 0.25) is 0 Å². The van der Waals surface area contributed by atoms with Crippen molar-refractivity contribution in [2.24, 2.45) is 5.11 Å². The zero-order chi connectivity index (χ0) is 39.6. The van der Waals surface area contributed by atoms with E-state index >= 15 is 0 Å². The fourth-order valence-corrected chi connectivity index (χ4v) is 5.83. The molecule has 1 N–H and O–H groups in total. The molecule has 0 radical (unpaired) electrons. The van der Waals surface area contributed by atoms with Crippen LogP contribution in [0.15, 0.2) is 91.1 Å². The van der Waals surface area contributed by atoms with E-state index in [2.05, 4.69) is 23.2 Å². The molecule has 0 unspecified atom stereocenters. The molecule has 0 aromatic heterocycles. The Labute approximate surface area is 318 Å². The van der Waals surface area contributed by atoms with Crippen LogP contribution in [0.1, 0.15) is 30.9 Å². The van der Waals surface area contributed by atoms with Gasteiger partial charge in [0.25, 0.3) is 0 Å². The third kappa shape index (κ3) is 12.6. The predicted octanol–water partition coefficient (Wildman–Crippen LogP) is 4.46. The fourth-order valence-electron chi connectivity index (χ4n) is 5.83. The summed E-state index contributed by atoms with van der Waals surface area (Å²) in [5.41, 5.74) is 11.1. The quantitative estimate of drug-likeness (QED) is 0.0375. The highest BCUT2D eigenvalue weighted by Gasteiger charge is 2.56. The molecule has 55 heavy (non-hydrogen) atoms. The van der Waals surface area contributed by atoms with Gasteiger partial charge in [0.15, 0.2) is 24.8 Å². The summed E-state index contributed by atoms with van der Waals surface area (Å²) in [5.74, 6) is -1.58. The van der Waals surface area contributed by atoms with Crippen LogP contribution >= 0.6 is 0 Å². The Bertz CT molecular complexity index is 1580. The van der Waals surface area contributed by atoms with Gasteiger partial charge in [0.05, 0.1) is 33.0 Å². The Morgan fingerprint density at radius 2 is 1.53 bits per heavy atom. The van der Waals surface area contributed by atoms with Crippen LogP contribution < -0.4 is 0 Å². The van der Waals surface area contributed by atoms with Gasteiger partial charge >= 0.3 is 18.1 Å². The minimum Gasteiger partial charge on any atom is -0.467 e. The lowest BCUT2D eigenvalue weighted by Gasteiger charge is -2.48. The lowest BCUT2D eigenvalue weighted by atomic mass is 9.95. The maximum atomic E-state index is 13.5.